The predicted molar refractivity (Wildman–Crippen MR) is 195 cm³/mol. The first-order valence-corrected chi connectivity index (χ1v) is 16.2. The zero-order valence-electron chi connectivity index (χ0n) is 26.1. The standard InChI is InChI=1S/C44H28N4/c45-27-29-20-23-38-36-14-3-7-18-42(36)48(44(38)24-29)43-19-8-4-15-37(43)39-26-31(21-22-32(39)28-46)30-10-9-11-33(25-30)47-40-16-5-1-12-34(40)35-13-2-6-17-41(35)47/h1-5,7-16,18-26H,6,17H2. The van der Waals surface area contributed by atoms with Crippen LogP contribution < -0.4 is 0 Å². The van der Waals surface area contributed by atoms with Crippen LogP contribution in [0.15, 0.2) is 140 Å². The molecule has 224 valence electrons. The molecule has 4 heteroatoms. The molecule has 0 radical (unpaired) electrons. The minimum absolute atomic E-state index is 0.608. The van der Waals surface area contributed by atoms with Crippen LogP contribution in [0.4, 0.5) is 0 Å². The Bertz CT molecular complexity index is 2700. The van der Waals surface area contributed by atoms with Gasteiger partial charge in [0.2, 0.25) is 0 Å². The van der Waals surface area contributed by atoms with Crippen LogP contribution in [0.2, 0.25) is 0 Å². The fraction of sp³-hybridized carbons (Fsp3) is 0.0455. The third-order valence-electron chi connectivity index (χ3n) is 9.66. The third kappa shape index (κ3) is 4.21. The van der Waals surface area contributed by atoms with Crippen LogP contribution in [0.5, 0.6) is 0 Å². The Balaban J connectivity index is 1.23. The molecule has 0 unspecified atom stereocenters. The van der Waals surface area contributed by atoms with Gasteiger partial charge in [-0.1, -0.05) is 91.0 Å². The predicted octanol–water partition coefficient (Wildman–Crippen LogP) is 10.8. The van der Waals surface area contributed by atoms with E-state index in [-0.39, 0.29) is 0 Å². The van der Waals surface area contributed by atoms with E-state index in [9.17, 15) is 10.5 Å². The van der Waals surface area contributed by atoms with E-state index in [0.29, 0.717) is 11.1 Å². The van der Waals surface area contributed by atoms with Crippen LogP contribution in [0.25, 0.3) is 72.4 Å². The van der Waals surface area contributed by atoms with Crippen LogP contribution in [-0.4, -0.2) is 9.13 Å². The van der Waals surface area contributed by atoms with Gasteiger partial charge >= 0.3 is 0 Å². The van der Waals surface area contributed by atoms with Crippen LogP contribution in [0, 0.1) is 22.7 Å². The summed E-state index contributed by atoms with van der Waals surface area (Å²) in [5.41, 5.74) is 13.1. The summed E-state index contributed by atoms with van der Waals surface area (Å²) in [6.45, 7) is 0. The lowest BCUT2D eigenvalue weighted by Crippen LogP contribution is -2.03. The van der Waals surface area contributed by atoms with E-state index in [1.807, 2.05) is 48.5 Å². The van der Waals surface area contributed by atoms with Crippen molar-refractivity contribution >= 4 is 38.8 Å². The van der Waals surface area contributed by atoms with Crippen LogP contribution in [-0.2, 0) is 6.42 Å². The van der Waals surface area contributed by atoms with Gasteiger partial charge in [0.1, 0.15) is 0 Å². The summed E-state index contributed by atoms with van der Waals surface area (Å²) in [5.74, 6) is 0. The number of aromatic nitrogens is 2. The van der Waals surface area contributed by atoms with Gasteiger partial charge in [-0.2, -0.15) is 10.5 Å². The smallest absolute Gasteiger partial charge is 0.0998 e. The minimum Gasteiger partial charge on any atom is -0.313 e. The first kappa shape index (κ1) is 27.7. The van der Waals surface area contributed by atoms with Crippen molar-refractivity contribution in [3.05, 3.63) is 162 Å². The molecule has 4 nitrogen and oxygen atoms in total. The molecule has 0 spiro atoms. The van der Waals surface area contributed by atoms with E-state index in [4.69, 9.17) is 0 Å². The zero-order chi connectivity index (χ0) is 32.2. The molecule has 0 fully saturated rings. The number of fused-ring (bicyclic) bond motifs is 6. The highest BCUT2D eigenvalue weighted by molar-refractivity contribution is 6.10. The first-order valence-electron chi connectivity index (χ1n) is 16.2. The molecule has 8 aromatic rings. The molecule has 2 heterocycles. The third-order valence-corrected chi connectivity index (χ3v) is 9.66. The van der Waals surface area contributed by atoms with Gasteiger partial charge in [-0.3, -0.25) is 0 Å². The van der Waals surface area contributed by atoms with E-state index in [1.54, 1.807) is 0 Å². The Hall–Kier alpha value is -6.62. The SMILES string of the molecule is N#Cc1ccc2c3ccccc3n(-c3ccccc3-c3cc(-c4cccc(-n5c6c(c7ccccc75)C=CCC6)c4)ccc3C#N)c2c1. The molecule has 0 amide bonds. The Kier molecular flexibility index (Phi) is 6.35. The average Bonchev–Trinajstić information content (AvgIpc) is 3.67. The first-order chi connectivity index (χ1) is 23.7. The van der Waals surface area contributed by atoms with Gasteiger partial charge < -0.3 is 9.13 Å². The number of rotatable bonds is 4. The lowest BCUT2D eigenvalue weighted by atomic mass is 9.93. The molecule has 0 bridgehead atoms. The van der Waals surface area contributed by atoms with Crippen LogP contribution in [0.1, 0.15) is 28.8 Å². The molecule has 1 aliphatic rings. The highest BCUT2D eigenvalue weighted by Gasteiger charge is 2.20. The Morgan fingerprint density at radius 2 is 1.29 bits per heavy atom. The Labute approximate surface area is 278 Å². The Morgan fingerprint density at radius 3 is 2.15 bits per heavy atom. The summed E-state index contributed by atoms with van der Waals surface area (Å²) in [4.78, 5) is 0. The summed E-state index contributed by atoms with van der Waals surface area (Å²) in [6.07, 6.45) is 6.57. The summed E-state index contributed by atoms with van der Waals surface area (Å²) in [5, 5.41) is 23.6. The van der Waals surface area contributed by atoms with Crippen LogP contribution >= 0.6 is 0 Å². The van der Waals surface area contributed by atoms with Crippen molar-refractivity contribution in [2.24, 2.45) is 0 Å². The number of allylic oxidation sites excluding steroid dienone is 1. The van der Waals surface area contributed by atoms with Crippen molar-refractivity contribution in [3.63, 3.8) is 0 Å². The quantitative estimate of drug-likeness (QED) is 0.199. The molecular formula is C44H28N4. The van der Waals surface area contributed by atoms with Crippen molar-refractivity contribution in [2.75, 3.05) is 0 Å². The van der Waals surface area contributed by atoms with Crippen molar-refractivity contribution < 1.29 is 0 Å². The van der Waals surface area contributed by atoms with E-state index in [0.717, 1.165) is 68.3 Å². The highest BCUT2D eigenvalue weighted by Crippen LogP contribution is 2.39. The van der Waals surface area contributed by atoms with E-state index >= 15 is 0 Å². The van der Waals surface area contributed by atoms with Crippen molar-refractivity contribution in [1.29, 1.82) is 10.5 Å². The second-order valence-corrected chi connectivity index (χ2v) is 12.3. The molecule has 0 N–H and O–H groups in total. The maximum atomic E-state index is 10.4. The van der Waals surface area contributed by atoms with Crippen LogP contribution in [0.3, 0.4) is 0 Å². The average molecular weight is 613 g/mol. The highest BCUT2D eigenvalue weighted by atomic mass is 15.0. The molecule has 48 heavy (non-hydrogen) atoms. The number of nitrogens with zero attached hydrogens (tertiary/aromatic N) is 4. The van der Waals surface area contributed by atoms with Gasteiger partial charge in [-0.15, -0.1) is 0 Å². The molecule has 0 saturated carbocycles. The molecule has 6 aromatic carbocycles. The monoisotopic (exact) mass is 612 g/mol. The summed E-state index contributed by atoms with van der Waals surface area (Å²) < 4.78 is 4.64. The van der Waals surface area contributed by atoms with Gasteiger partial charge in [0.15, 0.2) is 0 Å². The zero-order valence-corrected chi connectivity index (χ0v) is 26.1. The second kappa shape index (κ2) is 11.0. The fourth-order valence-corrected chi connectivity index (χ4v) is 7.53. The van der Waals surface area contributed by atoms with Crippen molar-refractivity contribution in [1.82, 2.24) is 9.13 Å². The lowest BCUT2D eigenvalue weighted by molar-refractivity contribution is 0.889. The summed E-state index contributed by atoms with van der Waals surface area (Å²) in [6, 6.07) is 50.7. The normalized spacial score (nSPS) is 12.3. The second-order valence-electron chi connectivity index (χ2n) is 12.3. The van der Waals surface area contributed by atoms with Crippen molar-refractivity contribution in [3.8, 4) is 45.8 Å². The molecule has 0 saturated heterocycles. The summed E-state index contributed by atoms with van der Waals surface area (Å²) >= 11 is 0. The van der Waals surface area contributed by atoms with Crippen molar-refractivity contribution in [2.45, 2.75) is 12.8 Å². The number of para-hydroxylation sites is 3. The maximum absolute atomic E-state index is 10.4. The number of hydrogen-bond donors (Lipinski definition) is 0. The van der Waals surface area contributed by atoms with E-state index in [2.05, 4.69) is 118 Å². The lowest BCUT2D eigenvalue weighted by Gasteiger charge is -2.17. The van der Waals surface area contributed by atoms with Gasteiger partial charge in [-0.05, 0) is 78.6 Å². The fourth-order valence-electron chi connectivity index (χ4n) is 7.53. The molecule has 0 aliphatic heterocycles. The molecule has 9 rings (SSSR count). The van der Waals surface area contributed by atoms with Gasteiger partial charge in [0, 0.05) is 44.2 Å². The Morgan fingerprint density at radius 1 is 0.542 bits per heavy atom. The topological polar surface area (TPSA) is 57.4 Å². The molecule has 0 atom stereocenters. The number of nitriles is 2. The maximum Gasteiger partial charge on any atom is 0.0998 e. The number of benzene rings is 6. The largest absolute Gasteiger partial charge is 0.313 e. The molecular weight excluding hydrogens is 585 g/mol. The molecule has 1 aliphatic carbocycles. The summed E-state index contributed by atoms with van der Waals surface area (Å²) in [7, 11) is 0. The van der Waals surface area contributed by atoms with E-state index < -0.39 is 0 Å². The molecule has 2 aromatic heterocycles. The minimum atomic E-state index is 0.608. The van der Waals surface area contributed by atoms with Gasteiger partial charge in [0.25, 0.3) is 0 Å². The van der Waals surface area contributed by atoms with Gasteiger partial charge in [-0.25, -0.2) is 0 Å². The van der Waals surface area contributed by atoms with E-state index in [1.165, 1.54) is 22.2 Å². The number of hydrogen-bond acceptors (Lipinski definition) is 2. The van der Waals surface area contributed by atoms with Gasteiger partial charge in [0.05, 0.1) is 45.5 Å².